The first kappa shape index (κ1) is 13.2. The van der Waals surface area contributed by atoms with E-state index in [4.69, 9.17) is 9.68 Å². The summed E-state index contributed by atoms with van der Waals surface area (Å²) in [7, 11) is 3.59. The van der Waals surface area contributed by atoms with Crippen molar-refractivity contribution in [2.45, 2.75) is 13.8 Å². The maximum atomic E-state index is 11.4. The predicted molar refractivity (Wildman–Crippen MR) is 74.1 cm³/mol. The molecule has 0 fully saturated rings. The second kappa shape index (κ2) is 4.47. The number of aryl methyl sites for hydroxylation is 1. The Balaban J connectivity index is 2.37. The third kappa shape index (κ3) is 2.48. The van der Waals surface area contributed by atoms with Crippen LogP contribution in [0.3, 0.4) is 0 Å². The summed E-state index contributed by atoms with van der Waals surface area (Å²) >= 11 is 0. The second-order valence-corrected chi connectivity index (χ2v) is 5.43. The third-order valence-corrected chi connectivity index (χ3v) is 3.15. The van der Waals surface area contributed by atoms with Gasteiger partial charge in [-0.1, -0.05) is 0 Å². The van der Waals surface area contributed by atoms with E-state index in [-0.39, 0.29) is 5.76 Å². The third-order valence-electron chi connectivity index (χ3n) is 3.15. The molecular weight excluding hydrogens is 242 g/mol. The highest BCUT2D eigenvalue weighted by atomic mass is 16.4. The topological polar surface area (TPSA) is 62.2 Å². The molecule has 0 spiro atoms. The van der Waals surface area contributed by atoms with Gasteiger partial charge in [0.05, 0.1) is 17.0 Å². The van der Waals surface area contributed by atoms with Gasteiger partial charge in [-0.2, -0.15) is 5.26 Å². The molecule has 1 aromatic heterocycles. The molecule has 100 valence electrons. The van der Waals surface area contributed by atoms with Gasteiger partial charge in [0.25, 0.3) is 0 Å². The van der Waals surface area contributed by atoms with Crippen LogP contribution in [0.5, 0.6) is 0 Å². The number of rotatable bonds is 3. The zero-order valence-electron chi connectivity index (χ0n) is 11.6. The first-order chi connectivity index (χ1) is 8.84. The highest BCUT2D eigenvalue weighted by Crippen LogP contribution is 2.23. The van der Waals surface area contributed by atoms with Crippen molar-refractivity contribution in [1.82, 2.24) is 4.57 Å². The molecule has 19 heavy (non-hydrogen) atoms. The summed E-state index contributed by atoms with van der Waals surface area (Å²) in [6.07, 6.45) is 0. The molecule has 0 N–H and O–H groups in total. The lowest BCUT2D eigenvalue weighted by Crippen LogP contribution is -2.30. The Morgan fingerprint density at radius 1 is 1.47 bits per heavy atom. The van der Waals surface area contributed by atoms with Crippen LogP contribution in [0.25, 0.3) is 11.1 Å². The fourth-order valence-electron chi connectivity index (χ4n) is 2.08. The monoisotopic (exact) mass is 259 g/mol. The van der Waals surface area contributed by atoms with Gasteiger partial charge in [-0.05, 0) is 26.0 Å². The van der Waals surface area contributed by atoms with Crippen LogP contribution in [0.1, 0.15) is 13.8 Å². The molecule has 0 bridgehead atoms. The smallest absolute Gasteiger partial charge is 0.408 e. The highest BCUT2D eigenvalue weighted by molar-refractivity contribution is 5.77. The van der Waals surface area contributed by atoms with E-state index in [2.05, 4.69) is 6.07 Å². The zero-order valence-corrected chi connectivity index (χ0v) is 11.6. The average Bonchev–Trinajstić information content (AvgIpc) is 2.64. The van der Waals surface area contributed by atoms with Gasteiger partial charge in [-0.3, -0.25) is 4.57 Å². The number of benzene rings is 1. The summed E-state index contributed by atoms with van der Waals surface area (Å²) < 4.78 is 6.63. The largest absolute Gasteiger partial charge is 0.419 e. The maximum absolute atomic E-state index is 11.4. The van der Waals surface area contributed by atoms with Gasteiger partial charge in [0.2, 0.25) is 0 Å². The van der Waals surface area contributed by atoms with Gasteiger partial charge in [-0.25, -0.2) is 4.79 Å². The van der Waals surface area contributed by atoms with Crippen molar-refractivity contribution in [2.24, 2.45) is 12.5 Å². The van der Waals surface area contributed by atoms with Crippen molar-refractivity contribution < 1.29 is 4.42 Å². The Kier molecular flexibility index (Phi) is 3.11. The number of hydrogen-bond acceptors (Lipinski definition) is 4. The molecule has 0 aliphatic carbocycles. The number of fused-ring (bicyclic) bond motifs is 1. The van der Waals surface area contributed by atoms with Crippen molar-refractivity contribution in [3.05, 3.63) is 28.7 Å². The summed E-state index contributed by atoms with van der Waals surface area (Å²) in [5.41, 5.74) is 1.82. The van der Waals surface area contributed by atoms with E-state index in [1.54, 1.807) is 7.05 Å². The summed E-state index contributed by atoms with van der Waals surface area (Å²) in [6.45, 7) is 4.39. The molecule has 0 atom stereocenters. The molecule has 2 aromatic rings. The molecule has 0 saturated carbocycles. The number of aromatic nitrogens is 1. The van der Waals surface area contributed by atoms with E-state index in [1.807, 2.05) is 44.0 Å². The lowest BCUT2D eigenvalue weighted by Gasteiger charge is -2.26. The van der Waals surface area contributed by atoms with Crippen molar-refractivity contribution in [2.75, 3.05) is 18.5 Å². The molecule has 0 amide bonds. The zero-order chi connectivity index (χ0) is 14.2. The predicted octanol–water partition coefficient (Wildman–Crippen LogP) is 2.12. The molecule has 0 radical (unpaired) electrons. The van der Waals surface area contributed by atoms with Crippen LogP contribution in [0.4, 0.5) is 5.69 Å². The van der Waals surface area contributed by atoms with Gasteiger partial charge >= 0.3 is 5.76 Å². The lowest BCUT2D eigenvalue weighted by molar-refractivity contribution is 0.497. The summed E-state index contributed by atoms with van der Waals surface area (Å²) in [4.78, 5) is 13.4. The minimum atomic E-state index is -0.429. The first-order valence-electron chi connectivity index (χ1n) is 6.06. The van der Waals surface area contributed by atoms with Crippen LogP contribution in [-0.4, -0.2) is 18.2 Å². The van der Waals surface area contributed by atoms with Gasteiger partial charge in [0, 0.05) is 32.4 Å². The number of oxazole rings is 1. The van der Waals surface area contributed by atoms with Crippen LogP contribution in [0.2, 0.25) is 0 Å². The molecule has 5 heteroatoms. The first-order valence-corrected chi connectivity index (χ1v) is 6.06. The van der Waals surface area contributed by atoms with Gasteiger partial charge in [0.1, 0.15) is 0 Å². The standard InChI is InChI=1S/C14H17N3O2/c1-14(2,8-15)9-16(3)10-5-6-11-12(7-10)19-13(18)17(11)4/h5-7H,9H2,1-4H3. The van der Waals surface area contributed by atoms with Gasteiger partial charge in [-0.15, -0.1) is 0 Å². The van der Waals surface area contributed by atoms with E-state index in [0.29, 0.717) is 12.1 Å². The number of anilines is 1. The molecule has 1 aromatic carbocycles. The molecule has 0 aliphatic heterocycles. The number of nitriles is 1. The van der Waals surface area contributed by atoms with Crippen LogP contribution < -0.4 is 10.7 Å². The Morgan fingerprint density at radius 2 is 2.16 bits per heavy atom. The van der Waals surface area contributed by atoms with Crippen LogP contribution in [-0.2, 0) is 7.05 Å². The highest BCUT2D eigenvalue weighted by Gasteiger charge is 2.20. The van der Waals surface area contributed by atoms with Crippen LogP contribution in [0.15, 0.2) is 27.4 Å². The fraction of sp³-hybridized carbons (Fsp3) is 0.429. The van der Waals surface area contributed by atoms with Crippen molar-refractivity contribution in [3.63, 3.8) is 0 Å². The SMILES string of the molecule is CN(CC(C)(C)C#N)c1ccc2c(c1)oc(=O)n2C. The van der Waals surface area contributed by atoms with E-state index in [1.165, 1.54) is 4.57 Å². The van der Waals surface area contributed by atoms with E-state index in [0.717, 1.165) is 11.2 Å². The number of nitrogens with zero attached hydrogens (tertiary/aromatic N) is 3. The molecule has 1 heterocycles. The minimum absolute atomic E-state index is 0.368. The Hall–Kier alpha value is -2.22. The fourth-order valence-corrected chi connectivity index (χ4v) is 2.08. The molecule has 2 rings (SSSR count). The Labute approximate surface area is 111 Å². The van der Waals surface area contributed by atoms with Crippen molar-refractivity contribution in [1.29, 1.82) is 5.26 Å². The minimum Gasteiger partial charge on any atom is -0.408 e. The van der Waals surface area contributed by atoms with Crippen LogP contribution in [0, 0.1) is 16.7 Å². The molecule has 0 saturated heterocycles. The Bertz CT molecular complexity index is 704. The lowest BCUT2D eigenvalue weighted by atomic mass is 9.95. The van der Waals surface area contributed by atoms with Gasteiger partial charge < -0.3 is 9.32 Å². The molecular formula is C14H17N3O2. The van der Waals surface area contributed by atoms with Gasteiger partial charge in [0.15, 0.2) is 5.58 Å². The molecule has 0 unspecified atom stereocenters. The second-order valence-electron chi connectivity index (χ2n) is 5.43. The summed E-state index contributed by atoms with van der Waals surface area (Å²) in [5, 5.41) is 9.06. The van der Waals surface area contributed by atoms with Crippen molar-refractivity contribution in [3.8, 4) is 6.07 Å². The quantitative estimate of drug-likeness (QED) is 0.847. The Morgan fingerprint density at radius 3 is 2.79 bits per heavy atom. The van der Waals surface area contributed by atoms with Crippen LogP contribution >= 0.6 is 0 Å². The van der Waals surface area contributed by atoms with E-state index < -0.39 is 5.41 Å². The van der Waals surface area contributed by atoms with Crippen molar-refractivity contribution >= 4 is 16.8 Å². The number of hydrogen-bond donors (Lipinski definition) is 0. The maximum Gasteiger partial charge on any atom is 0.419 e. The summed E-state index contributed by atoms with van der Waals surface area (Å²) in [6, 6.07) is 7.87. The normalized spacial score (nSPS) is 11.5. The average molecular weight is 259 g/mol. The van der Waals surface area contributed by atoms with E-state index in [9.17, 15) is 4.79 Å². The van der Waals surface area contributed by atoms with E-state index >= 15 is 0 Å². The molecule has 5 nitrogen and oxygen atoms in total. The summed E-state index contributed by atoms with van der Waals surface area (Å²) in [5.74, 6) is -0.368. The molecule has 0 aliphatic rings.